The number of aromatic nitrogens is 1. The second kappa shape index (κ2) is 13.1. The van der Waals surface area contributed by atoms with E-state index in [-0.39, 0.29) is 23.2 Å². The molecule has 0 saturated carbocycles. The van der Waals surface area contributed by atoms with Crippen LogP contribution in [0, 0.1) is 0 Å². The van der Waals surface area contributed by atoms with Crippen molar-refractivity contribution in [2.24, 2.45) is 0 Å². The summed E-state index contributed by atoms with van der Waals surface area (Å²) in [5.41, 5.74) is -0.372. The second-order valence-corrected chi connectivity index (χ2v) is 15.7. The highest BCUT2D eigenvalue weighted by molar-refractivity contribution is 7.93. The van der Waals surface area contributed by atoms with Gasteiger partial charge in [0.25, 0.3) is 15.9 Å². The average Bonchev–Trinajstić information content (AvgIpc) is 3.77. The fourth-order valence-corrected chi connectivity index (χ4v) is 8.65. The fraction of sp³-hybridized carbons (Fsp3) is 0.389. The molecule has 2 aliphatic rings. The van der Waals surface area contributed by atoms with Crippen LogP contribution in [0.1, 0.15) is 55.8 Å². The summed E-state index contributed by atoms with van der Waals surface area (Å²) in [5, 5.41) is 0.331. The number of halogens is 1. The number of nitrogens with zero attached hydrogens (tertiary/aromatic N) is 4. The maximum atomic E-state index is 15.7. The van der Waals surface area contributed by atoms with Gasteiger partial charge in [0.1, 0.15) is 17.8 Å². The van der Waals surface area contributed by atoms with Gasteiger partial charge in [-0.25, -0.2) is 17.7 Å². The minimum absolute atomic E-state index is 0.0775. The van der Waals surface area contributed by atoms with Crippen LogP contribution >= 0.6 is 11.6 Å². The SMILES string of the molecule is COc1ccc(S(=O)(=O)N2C(=O)C(c3cc(CN(C)C)ccc3OC)(N3CC(OC(C)(C)C)CC3c3ncco3)c3cc(Cl)ccc32)cc1. The number of rotatable bonds is 10. The molecule has 0 N–H and O–H groups in total. The number of likely N-dealkylation sites (tertiary alicyclic amines) is 1. The Kier molecular flexibility index (Phi) is 9.31. The van der Waals surface area contributed by atoms with Crippen molar-refractivity contribution in [3.63, 3.8) is 0 Å². The Labute approximate surface area is 292 Å². The fourth-order valence-electron chi connectivity index (χ4n) is 7.02. The molecule has 260 valence electrons. The molecule has 4 aromatic rings. The lowest BCUT2D eigenvalue weighted by molar-refractivity contribution is -0.128. The van der Waals surface area contributed by atoms with Gasteiger partial charge in [-0.2, -0.15) is 0 Å². The molecule has 0 radical (unpaired) electrons. The molecule has 1 amide bonds. The van der Waals surface area contributed by atoms with Crippen LogP contribution in [0.4, 0.5) is 5.69 Å². The van der Waals surface area contributed by atoms with E-state index in [1.807, 2.05) is 62.9 Å². The van der Waals surface area contributed by atoms with Crippen LogP contribution in [-0.4, -0.2) is 75.7 Å². The number of benzene rings is 3. The molecule has 49 heavy (non-hydrogen) atoms. The topological polar surface area (TPSA) is 115 Å². The third-order valence-electron chi connectivity index (χ3n) is 8.76. The first-order valence-electron chi connectivity index (χ1n) is 15.9. The molecule has 3 heterocycles. The number of ether oxygens (including phenoxy) is 3. The molecule has 11 nitrogen and oxygen atoms in total. The molecule has 0 aliphatic carbocycles. The lowest BCUT2D eigenvalue weighted by atomic mass is 9.80. The maximum absolute atomic E-state index is 15.7. The number of fused-ring (bicyclic) bond motifs is 1. The quantitative estimate of drug-likeness (QED) is 0.194. The third-order valence-corrected chi connectivity index (χ3v) is 10.7. The van der Waals surface area contributed by atoms with Crippen molar-refractivity contribution in [3.05, 3.63) is 101 Å². The van der Waals surface area contributed by atoms with Gasteiger partial charge in [-0.15, -0.1) is 0 Å². The van der Waals surface area contributed by atoms with Gasteiger partial charge in [-0.3, -0.25) is 9.69 Å². The first kappa shape index (κ1) is 34.9. The van der Waals surface area contributed by atoms with Crippen molar-refractivity contribution >= 4 is 33.2 Å². The Morgan fingerprint density at radius 1 is 1.02 bits per heavy atom. The summed E-state index contributed by atoms with van der Waals surface area (Å²) in [6.45, 7) is 6.70. The third kappa shape index (κ3) is 6.21. The predicted molar refractivity (Wildman–Crippen MR) is 185 cm³/mol. The molecule has 1 aromatic heterocycles. The average molecular weight is 709 g/mol. The molecular formula is C36H41ClN4O7S. The van der Waals surface area contributed by atoms with Crippen molar-refractivity contribution in [3.8, 4) is 11.5 Å². The van der Waals surface area contributed by atoms with Crippen molar-refractivity contribution in [1.29, 1.82) is 0 Å². The van der Waals surface area contributed by atoms with Gasteiger partial charge in [0.05, 0.1) is 48.7 Å². The summed E-state index contributed by atoms with van der Waals surface area (Å²) in [4.78, 5) is 24.1. The van der Waals surface area contributed by atoms with Crippen LogP contribution in [0.5, 0.6) is 11.5 Å². The molecule has 2 aliphatic heterocycles. The van der Waals surface area contributed by atoms with Gasteiger partial charge in [-0.05, 0) is 101 Å². The first-order valence-corrected chi connectivity index (χ1v) is 17.7. The normalized spacial score (nSPS) is 21.4. The Hall–Kier alpha value is -3.94. The molecule has 1 saturated heterocycles. The van der Waals surface area contributed by atoms with Gasteiger partial charge >= 0.3 is 0 Å². The number of amides is 1. The van der Waals surface area contributed by atoms with Crippen molar-refractivity contribution in [2.45, 2.75) is 61.9 Å². The van der Waals surface area contributed by atoms with E-state index in [0.29, 0.717) is 46.5 Å². The number of anilines is 1. The van der Waals surface area contributed by atoms with E-state index < -0.39 is 33.1 Å². The Balaban J connectivity index is 1.68. The first-order chi connectivity index (χ1) is 23.2. The summed E-state index contributed by atoms with van der Waals surface area (Å²) >= 11 is 6.73. The number of sulfonamides is 1. The van der Waals surface area contributed by atoms with Crippen LogP contribution in [0.3, 0.4) is 0 Å². The van der Waals surface area contributed by atoms with Gasteiger partial charge in [0.2, 0.25) is 5.89 Å². The van der Waals surface area contributed by atoms with Crippen LogP contribution in [-0.2, 0) is 31.6 Å². The minimum atomic E-state index is -4.47. The summed E-state index contributed by atoms with van der Waals surface area (Å²) in [5.74, 6) is 0.535. The summed E-state index contributed by atoms with van der Waals surface area (Å²) in [7, 11) is 2.46. The van der Waals surface area contributed by atoms with Gasteiger partial charge in [0.15, 0.2) is 5.54 Å². The molecule has 1 fully saturated rings. The van der Waals surface area contributed by atoms with E-state index in [1.165, 1.54) is 32.6 Å². The number of hydrogen-bond donors (Lipinski definition) is 0. The minimum Gasteiger partial charge on any atom is -0.497 e. The molecule has 3 aromatic carbocycles. The highest BCUT2D eigenvalue weighted by Gasteiger charge is 2.64. The Bertz CT molecular complexity index is 1940. The number of oxazole rings is 1. The number of carbonyl (C=O) groups is 1. The number of hydrogen-bond acceptors (Lipinski definition) is 10. The van der Waals surface area contributed by atoms with E-state index in [1.54, 1.807) is 36.5 Å². The predicted octanol–water partition coefficient (Wildman–Crippen LogP) is 6.02. The van der Waals surface area contributed by atoms with E-state index in [9.17, 15) is 8.42 Å². The molecule has 0 bridgehead atoms. The highest BCUT2D eigenvalue weighted by Crippen LogP contribution is 2.57. The van der Waals surface area contributed by atoms with E-state index in [0.717, 1.165) is 9.87 Å². The smallest absolute Gasteiger partial charge is 0.271 e. The molecule has 0 spiro atoms. The lowest BCUT2D eigenvalue weighted by Crippen LogP contribution is -2.55. The monoisotopic (exact) mass is 708 g/mol. The van der Waals surface area contributed by atoms with E-state index >= 15 is 4.79 Å². The van der Waals surface area contributed by atoms with Crippen molar-refractivity contribution in [1.82, 2.24) is 14.8 Å². The molecule has 6 rings (SSSR count). The Morgan fingerprint density at radius 2 is 1.76 bits per heavy atom. The maximum Gasteiger partial charge on any atom is 0.271 e. The van der Waals surface area contributed by atoms with Crippen LogP contribution in [0.2, 0.25) is 5.02 Å². The van der Waals surface area contributed by atoms with Crippen LogP contribution in [0.25, 0.3) is 0 Å². The Morgan fingerprint density at radius 3 is 2.37 bits per heavy atom. The van der Waals surface area contributed by atoms with E-state index in [4.69, 9.17) is 30.2 Å². The van der Waals surface area contributed by atoms with Gasteiger partial charge in [-0.1, -0.05) is 17.7 Å². The number of carbonyl (C=O) groups excluding carboxylic acids is 1. The summed E-state index contributed by atoms with van der Waals surface area (Å²) in [6, 6.07) is 15.8. The largest absolute Gasteiger partial charge is 0.497 e. The highest BCUT2D eigenvalue weighted by atomic mass is 35.5. The second-order valence-electron chi connectivity index (χ2n) is 13.5. The number of methoxy groups -OCH3 is 2. The standard InChI is InChI=1S/C36H41ClN4O7S/c1-35(2,3)48-26-20-31(33-38-16-17-47-33)40(22-26)36(29-18-23(21-39(4)5)8-15-32(29)46-7)28-19-24(37)9-14-30(28)41(34(36)42)49(43,44)27-12-10-25(45-6)11-13-27/h8-19,26,31H,20-22H2,1-7H3. The molecule has 3 unspecified atom stereocenters. The van der Waals surface area contributed by atoms with Crippen molar-refractivity contribution < 1.29 is 31.8 Å². The zero-order valence-corrected chi connectivity index (χ0v) is 30.2. The van der Waals surface area contributed by atoms with Gasteiger partial charge in [0, 0.05) is 29.2 Å². The van der Waals surface area contributed by atoms with E-state index in [2.05, 4.69) is 4.98 Å². The van der Waals surface area contributed by atoms with Crippen molar-refractivity contribution in [2.75, 3.05) is 39.2 Å². The van der Waals surface area contributed by atoms with Crippen LogP contribution in [0.15, 0.2) is 82.4 Å². The van der Waals surface area contributed by atoms with Gasteiger partial charge < -0.3 is 23.5 Å². The van der Waals surface area contributed by atoms with Crippen LogP contribution < -0.4 is 13.8 Å². The molecule has 3 atom stereocenters. The zero-order valence-electron chi connectivity index (χ0n) is 28.6. The summed E-state index contributed by atoms with van der Waals surface area (Å²) < 4.78 is 53.9. The molecular weight excluding hydrogens is 668 g/mol. The zero-order chi connectivity index (χ0) is 35.3. The summed E-state index contributed by atoms with van der Waals surface area (Å²) in [6.07, 6.45) is 3.09. The lowest BCUT2D eigenvalue weighted by Gasteiger charge is -2.41. The molecule has 13 heteroatoms.